The number of amides is 1. The number of aromatic nitrogens is 1. The van der Waals surface area contributed by atoms with Crippen molar-refractivity contribution in [2.75, 3.05) is 43.5 Å². The number of H-pyrrole nitrogens is 1. The third-order valence-electron chi connectivity index (χ3n) is 6.64. The first-order valence-electron chi connectivity index (χ1n) is 11.9. The first kappa shape index (κ1) is 23.4. The van der Waals surface area contributed by atoms with Crippen molar-refractivity contribution in [2.45, 2.75) is 6.04 Å². The number of fused-ring (bicyclic) bond motifs is 1. The molecule has 8 nitrogen and oxygen atoms in total. The number of rotatable bonds is 7. The van der Waals surface area contributed by atoms with E-state index < -0.39 is 12.0 Å². The van der Waals surface area contributed by atoms with Gasteiger partial charge in [-0.3, -0.25) is 14.5 Å². The molecule has 0 saturated carbocycles. The summed E-state index contributed by atoms with van der Waals surface area (Å²) in [6.07, 6.45) is 1.76. The van der Waals surface area contributed by atoms with Crippen molar-refractivity contribution in [1.29, 1.82) is 0 Å². The Morgan fingerprint density at radius 3 is 2.42 bits per heavy atom. The summed E-state index contributed by atoms with van der Waals surface area (Å²) in [5, 5.41) is 13.9. The van der Waals surface area contributed by atoms with Gasteiger partial charge in [0.25, 0.3) is 5.91 Å². The standard InChI is InChI=1S/C28H28N4O4/c1-36-25-10-6-5-9-24(25)31-13-15-32(16-14-31)26(28(34)35)22-18-29-23-17-20(11-12-21(22)23)30-27(33)19-7-3-2-4-8-19/h2-12,17-18,26,29H,13-16H2,1H3,(H,30,33)(H,34,35)/t26-/m1/s1. The molecule has 8 heteroatoms. The number of nitrogens with one attached hydrogen (secondary N) is 2. The second-order valence-corrected chi connectivity index (χ2v) is 8.76. The van der Waals surface area contributed by atoms with Crippen LogP contribution in [0, 0.1) is 0 Å². The fraction of sp³-hybridized carbons (Fsp3) is 0.214. The number of hydrogen-bond donors (Lipinski definition) is 3. The lowest BCUT2D eigenvalue weighted by Crippen LogP contribution is -2.49. The number of carboxylic acids is 1. The van der Waals surface area contributed by atoms with Crippen molar-refractivity contribution >= 4 is 34.2 Å². The Balaban J connectivity index is 1.33. The van der Waals surface area contributed by atoms with Gasteiger partial charge in [-0.25, -0.2) is 0 Å². The lowest BCUT2D eigenvalue weighted by atomic mass is 10.0. The van der Waals surface area contributed by atoms with Crippen molar-refractivity contribution in [2.24, 2.45) is 0 Å². The molecule has 1 amide bonds. The number of carbonyl (C=O) groups is 2. The number of para-hydroxylation sites is 2. The number of piperazine rings is 1. The van der Waals surface area contributed by atoms with Crippen molar-refractivity contribution in [1.82, 2.24) is 9.88 Å². The van der Waals surface area contributed by atoms with Gasteiger partial charge < -0.3 is 25.0 Å². The molecule has 1 aliphatic heterocycles. The average molecular weight is 485 g/mol. The van der Waals surface area contributed by atoms with Crippen LogP contribution in [0.2, 0.25) is 0 Å². The van der Waals surface area contributed by atoms with E-state index in [-0.39, 0.29) is 5.91 Å². The quantitative estimate of drug-likeness (QED) is 0.360. The monoisotopic (exact) mass is 484 g/mol. The van der Waals surface area contributed by atoms with Gasteiger partial charge in [-0.05, 0) is 36.4 Å². The average Bonchev–Trinajstić information content (AvgIpc) is 3.32. The van der Waals surface area contributed by atoms with E-state index in [4.69, 9.17) is 4.74 Å². The zero-order valence-corrected chi connectivity index (χ0v) is 20.0. The van der Waals surface area contributed by atoms with Crippen LogP contribution in [-0.2, 0) is 4.79 Å². The molecule has 5 rings (SSSR count). The van der Waals surface area contributed by atoms with E-state index in [0.29, 0.717) is 43.0 Å². The fourth-order valence-electron chi connectivity index (χ4n) is 4.84. The summed E-state index contributed by atoms with van der Waals surface area (Å²) in [6, 6.07) is 21.6. The highest BCUT2D eigenvalue weighted by molar-refractivity contribution is 6.05. The third-order valence-corrected chi connectivity index (χ3v) is 6.64. The van der Waals surface area contributed by atoms with Crippen LogP contribution in [0.5, 0.6) is 5.75 Å². The summed E-state index contributed by atoms with van der Waals surface area (Å²) in [7, 11) is 1.66. The SMILES string of the molecule is COc1ccccc1N1CCN([C@@H](C(=O)O)c2c[nH]c3cc(NC(=O)c4ccccc4)ccc23)CC1. The molecule has 1 aliphatic rings. The number of anilines is 2. The highest BCUT2D eigenvalue weighted by Gasteiger charge is 2.32. The van der Waals surface area contributed by atoms with E-state index in [2.05, 4.69) is 15.2 Å². The normalized spacial score (nSPS) is 15.0. The van der Waals surface area contributed by atoms with Gasteiger partial charge in [0.15, 0.2) is 0 Å². The number of carbonyl (C=O) groups excluding carboxylic acids is 1. The Bertz CT molecular complexity index is 1380. The predicted octanol–water partition coefficient (Wildman–Crippen LogP) is 4.38. The van der Waals surface area contributed by atoms with E-state index in [9.17, 15) is 14.7 Å². The van der Waals surface area contributed by atoms with Gasteiger partial charge in [0, 0.05) is 60.1 Å². The Morgan fingerprint density at radius 2 is 1.69 bits per heavy atom. The van der Waals surface area contributed by atoms with Crippen molar-refractivity contribution in [3.63, 3.8) is 0 Å². The van der Waals surface area contributed by atoms with E-state index in [1.54, 1.807) is 31.5 Å². The zero-order chi connectivity index (χ0) is 25.1. The molecule has 3 N–H and O–H groups in total. The molecule has 0 unspecified atom stereocenters. The lowest BCUT2D eigenvalue weighted by molar-refractivity contribution is -0.143. The molecule has 184 valence electrons. The Kier molecular flexibility index (Phi) is 6.60. The van der Waals surface area contributed by atoms with Crippen molar-refractivity contribution in [3.8, 4) is 5.75 Å². The molecule has 0 radical (unpaired) electrons. The topological polar surface area (TPSA) is 97.9 Å². The number of carboxylic acid groups (broad SMARTS) is 1. The molecule has 3 aromatic carbocycles. The first-order chi connectivity index (χ1) is 17.5. The summed E-state index contributed by atoms with van der Waals surface area (Å²) in [5.41, 5.74) is 3.72. The minimum Gasteiger partial charge on any atom is -0.495 e. The maximum atomic E-state index is 12.5. The highest BCUT2D eigenvalue weighted by Crippen LogP contribution is 2.33. The summed E-state index contributed by atoms with van der Waals surface area (Å²) in [6.45, 7) is 2.60. The maximum Gasteiger partial charge on any atom is 0.325 e. The minimum absolute atomic E-state index is 0.196. The number of aromatic amines is 1. The number of nitrogens with zero attached hydrogens (tertiary/aromatic N) is 2. The molecule has 36 heavy (non-hydrogen) atoms. The van der Waals surface area contributed by atoms with E-state index >= 15 is 0 Å². The van der Waals surface area contributed by atoms with E-state index in [0.717, 1.165) is 22.3 Å². The van der Waals surface area contributed by atoms with Gasteiger partial charge >= 0.3 is 5.97 Å². The molecule has 1 fully saturated rings. The molecule has 1 saturated heterocycles. The van der Waals surface area contributed by atoms with Crippen LogP contribution in [0.15, 0.2) is 79.0 Å². The molecule has 1 atom stereocenters. The molecule has 0 aliphatic carbocycles. The number of methoxy groups -OCH3 is 1. The van der Waals surface area contributed by atoms with E-state index in [1.807, 2.05) is 59.5 Å². The summed E-state index contributed by atoms with van der Waals surface area (Å²) in [4.78, 5) is 32.4. The van der Waals surface area contributed by atoms with Gasteiger partial charge in [-0.2, -0.15) is 0 Å². The van der Waals surface area contributed by atoms with Crippen LogP contribution in [0.4, 0.5) is 11.4 Å². The van der Waals surface area contributed by atoms with Crippen LogP contribution < -0.4 is 15.0 Å². The first-order valence-corrected chi connectivity index (χ1v) is 11.9. The van der Waals surface area contributed by atoms with Crippen LogP contribution in [0.1, 0.15) is 22.0 Å². The molecular formula is C28H28N4O4. The summed E-state index contributed by atoms with van der Waals surface area (Å²) < 4.78 is 5.50. The Morgan fingerprint density at radius 1 is 0.972 bits per heavy atom. The van der Waals surface area contributed by atoms with Gasteiger partial charge in [0.1, 0.15) is 11.8 Å². The Hall–Kier alpha value is -4.30. The number of aliphatic carboxylic acids is 1. The smallest absolute Gasteiger partial charge is 0.325 e. The maximum absolute atomic E-state index is 12.5. The lowest BCUT2D eigenvalue weighted by Gasteiger charge is -2.39. The second-order valence-electron chi connectivity index (χ2n) is 8.76. The third kappa shape index (κ3) is 4.63. The van der Waals surface area contributed by atoms with Gasteiger partial charge in [-0.15, -0.1) is 0 Å². The number of hydrogen-bond acceptors (Lipinski definition) is 5. The molecule has 1 aromatic heterocycles. The molecule has 0 bridgehead atoms. The van der Waals surface area contributed by atoms with Crippen LogP contribution in [0.25, 0.3) is 10.9 Å². The van der Waals surface area contributed by atoms with Gasteiger partial charge in [0.2, 0.25) is 0 Å². The minimum atomic E-state index is -0.886. The van der Waals surface area contributed by atoms with Gasteiger partial charge in [0.05, 0.1) is 12.8 Å². The van der Waals surface area contributed by atoms with Crippen LogP contribution in [0.3, 0.4) is 0 Å². The molecular weight excluding hydrogens is 456 g/mol. The van der Waals surface area contributed by atoms with Crippen LogP contribution >= 0.6 is 0 Å². The van der Waals surface area contributed by atoms with Crippen molar-refractivity contribution < 1.29 is 19.4 Å². The molecule has 2 heterocycles. The number of ether oxygens (including phenoxy) is 1. The largest absolute Gasteiger partial charge is 0.495 e. The van der Waals surface area contributed by atoms with Crippen LogP contribution in [-0.4, -0.2) is 60.2 Å². The van der Waals surface area contributed by atoms with Crippen molar-refractivity contribution in [3.05, 3.63) is 90.1 Å². The zero-order valence-electron chi connectivity index (χ0n) is 20.0. The highest BCUT2D eigenvalue weighted by atomic mass is 16.5. The number of benzene rings is 3. The predicted molar refractivity (Wildman–Crippen MR) is 140 cm³/mol. The molecule has 0 spiro atoms. The fourth-order valence-corrected chi connectivity index (χ4v) is 4.84. The Labute approximate surface area is 209 Å². The second kappa shape index (κ2) is 10.1. The van der Waals surface area contributed by atoms with E-state index in [1.165, 1.54) is 0 Å². The van der Waals surface area contributed by atoms with Gasteiger partial charge in [-0.1, -0.05) is 36.4 Å². The molecule has 4 aromatic rings. The summed E-state index contributed by atoms with van der Waals surface area (Å²) >= 11 is 0. The summed E-state index contributed by atoms with van der Waals surface area (Å²) in [5.74, 6) is -0.270.